The molecular formula is C19H24ClNO4. The molecule has 1 aromatic carbocycles. The molecule has 0 aliphatic carbocycles. The van der Waals surface area contributed by atoms with Gasteiger partial charge < -0.3 is 14.4 Å². The number of hydrogen-bond donors (Lipinski definition) is 0. The molecule has 5 nitrogen and oxygen atoms in total. The van der Waals surface area contributed by atoms with E-state index in [1.165, 1.54) is 6.42 Å². The third kappa shape index (κ3) is 3.98. The van der Waals surface area contributed by atoms with Crippen LogP contribution in [0.5, 0.6) is 0 Å². The lowest BCUT2D eigenvalue weighted by molar-refractivity contribution is -0.252. The molecule has 0 bridgehead atoms. The molecule has 1 aromatic rings. The number of benzene rings is 1. The van der Waals surface area contributed by atoms with Crippen molar-refractivity contribution in [3.63, 3.8) is 0 Å². The zero-order chi connectivity index (χ0) is 18.1. The average Bonchev–Trinajstić information content (AvgIpc) is 2.55. The number of ether oxygens (including phenoxy) is 2. The summed E-state index contributed by atoms with van der Waals surface area (Å²) in [6, 6.07) is 7.19. The van der Waals surface area contributed by atoms with Crippen molar-refractivity contribution in [1.29, 1.82) is 0 Å². The molecule has 0 atom stereocenters. The Balaban J connectivity index is 1.91. The van der Waals surface area contributed by atoms with Crippen LogP contribution in [-0.2, 0) is 25.5 Å². The van der Waals surface area contributed by atoms with Gasteiger partial charge in [0, 0.05) is 31.8 Å². The fourth-order valence-corrected chi connectivity index (χ4v) is 3.65. The molecule has 3 rings (SSSR count). The molecular weight excluding hydrogens is 342 g/mol. The van der Waals surface area contributed by atoms with Crippen LogP contribution < -0.4 is 0 Å². The molecule has 136 valence electrons. The van der Waals surface area contributed by atoms with Crippen molar-refractivity contribution < 1.29 is 19.1 Å². The highest BCUT2D eigenvalue weighted by Crippen LogP contribution is 2.37. The Kier molecular flexibility index (Phi) is 5.07. The second-order valence-electron chi connectivity index (χ2n) is 7.40. The molecule has 0 N–H and O–H groups in total. The van der Waals surface area contributed by atoms with Gasteiger partial charge in [-0.15, -0.1) is 0 Å². The first-order valence-corrected chi connectivity index (χ1v) is 9.12. The van der Waals surface area contributed by atoms with E-state index in [1.54, 1.807) is 26.0 Å². The van der Waals surface area contributed by atoms with Gasteiger partial charge in [0.1, 0.15) is 0 Å². The molecule has 2 aliphatic rings. The molecule has 0 amide bonds. The Morgan fingerprint density at radius 3 is 2.12 bits per heavy atom. The monoisotopic (exact) mass is 365 g/mol. The molecule has 2 fully saturated rings. The number of carbonyl (C=O) groups is 2. The average molecular weight is 366 g/mol. The van der Waals surface area contributed by atoms with E-state index in [4.69, 9.17) is 21.1 Å². The summed E-state index contributed by atoms with van der Waals surface area (Å²) in [6.07, 6.45) is 3.58. The third-order valence-corrected chi connectivity index (χ3v) is 5.07. The van der Waals surface area contributed by atoms with E-state index in [9.17, 15) is 9.59 Å². The number of esters is 2. The second-order valence-corrected chi connectivity index (χ2v) is 7.84. The van der Waals surface area contributed by atoms with Gasteiger partial charge in [-0.3, -0.25) is 9.59 Å². The summed E-state index contributed by atoms with van der Waals surface area (Å²) in [5.74, 6) is -2.23. The largest absolute Gasteiger partial charge is 0.422 e. The first kappa shape index (κ1) is 18.2. The number of nitrogens with zero attached hydrogens (tertiary/aromatic N) is 1. The number of likely N-dealkylation sites (tertiary alicyclic amines) is 1. The first-order valence-electron chi connectivity index (χ1n) is 8.74. The highest BCUT2D eigenvalue weighted by atomic mass is 35.5. The van der Waals surface area contributed by atoms with Gasteiger partial charge in [0.2, 0.25) is 0 Å². The van der Waals surface area contributed by atoms with Gasteiger partial charge in [-0.2, -0.15) is 0 Å². The van der Waals surface area contributed by atoms with Gasteiger partial charge in [0.05, 0.1) is 0 Å². The Morgan fingerprint density at radius 1 is 1.00 bits per heavy atom. The minimum absolute atomic E-state index is 0.244. The molecule has 6 heteroatoms. The number of rotatable bonds is 4. The smallest absolute Gasteiger partial charge is 0.328 e. The number of carbonyl (C=O) groups excluding carboxylic acids is 2. The van der Waals surface area contributed by atoms with Crippen molar-refractivity contribution in [2.45, 2.75) is 45.3 Å². The molecule has 0 unspecified atom stereocenters. The van der Waals surface area contributed by atoms with Crippen LogP contribution in [0, 0.1) is 5.41 Å². The topological polar surface area (TPSA) is 55.8 Å². The van der Waals surface area contributed by atoms with Crippen LogP contribution >= 0.6 is 11.6 Å². The third-order valence-electron chi connectivity index (χ3n) is 4.82. The molecule has 0 radical (unpaired) electrons. The Labute approximate surface area is 153 Å². The normalized spacial score (nSPS) is 23.0. The van der Waals surface area contributed by atoms with Gasteiger partial charge in [0.25, 0.3) is 5.79 Å². The van der Waals surface area contributed by atoms with Crippen LogP contribution in [0.2, 0.25) is 5.02 Å². The van der Waals surface area contributed by atoms with Crippen LogP contribution in [0.3, 0.4) is 0 Å². The summed E-state index contributed by atoms with van der Waals surface area (Å²) in [7, 11) is 0. The van der Waals surface area contributed by atoms with Crippen LogP contribution in [-0.4, -0.2) is 42.3 Å². The molecule has 2 heterocycles. The molecule has 0 spiro atoms. The van der Waals surface area contributed by atoms with Crippen molar-refractivity contribution in [1.82, 2.24) is 4.90 Å². The predicted octanol–water partition coefficient (Wildman–Crippen LogP) is 3.19. The van der Waals surface area contributed by atoms with Crippen molar-refractivity contribution in [3.8, 4) is 0 Å². The van der Waals surface area contributed by atoms with Crippen molar-refractivity contribution in [2.24, 2.45) is 5.41 Å². The minimum atomic E-state index is -1.33. The van der Waals surface area contributed by atoms with E-state index in [1.807, 2.05) is 12.1 Å². The van der Waals surface area contributed by atoms with Gasteiger partial charge >= 0.3 is 11.9 Å². The van der Waals surface area contributed by atoms with E-state index in [0.29, 0.717) is 11.6 Å². The molecule has 2 aliphatic heterocycles. The summed E-state index contributed by atoms with van der Waals surface area (Å²) in [5, 5.41) is 0.615. The van der Waals surface area contributed by atoms with E-state index < -0.39 is 23.1 Å². The molecule has 0 aromatic heterocycles. The quantitative estimate of drug-likeness (QED) is 0.606. The summed E-state index contributed by atoms with van der Waals surface area (Å²) in [5.41, 5.74) is -0.476. The Bertz CT molecular complexity index is 630. The predicted molar refractivity (Wildman–Crippen MR) is 94.1 cm³/mol. The maximum Gasteiger partial charge on any atom is 0.328 e. The second kappa shape index (κ2) is 6.96. The number of halogens is 1. The zero-order valence-corrected chi connectivity index (χ0v) is 15.5. The van der Waals surface area contributed by atoms with Crippen molar-refractivity contribution >= 4 is 23.5 Å². The van der Waals surface area contributed by atoms with Crippen LogP contribution in [0.4, 0.5) is 0 Å². The fourth-order valence-electron chi connectivity index (χ4n) is 3.53. The molecule has 0 saturated carbocycles. The first-order chi connectivity index (χ1) is 11.8. The van der Waals surface area contributed by atoms with E-state index >= 15 is 0 Å². The van der Waals surface area contributed by atoms with Gasteiger partial charge in [-0.1, -0.05) is 30.2 Å². The molecule has 25 heavy (non-hydrogen) atoms. The fraction of sp³-hybridized carbons (Fsp3) is 0.579. The van der Waals surface area contributed by atoms with Crippen LogP contribution in [0.15, 0.2) is 24.3 Å². The van der Waals surface area contributed by atoms with Gasteiger partial charge in [-0.05, 0) is 43.6 Å². The van der Waals surface area contributed by atoms with Crippen molar-refractivity contribution in [3.05, 3.63) is 34.9 Å². The maximum absolute atomic E-state index is 12.9. The van der Waals surface area contributed by atoms with E-state index in [-0.39, 0.29) is 6.42 Å². The summed E-state index contributed by atoms with van der Waals surface area (Å²) in [4.78, 5) is 28.0. The number of piperidine rings is 1. The SMILES string of the molecule is CC1(C)OC(=O)C(Cc2ccc(Cl)cc2)(CN2CCCCC2)C(=O)O1. The summed E-state index contributed by atoms with van der Waals surface area (Å²) < 4.78 is 10.9. The lowest BCUT2D eigenvalue weighted by Gasteiger charge is -2.43. The maximum atomic E-state index is 12.9. The summed E-state index contributed by atoms with van der Waals surface area (Å²) in [6.45, 7) is 5.24. The standard InChI is InChI=1S/C19H24ClNO4/c1-18(2)24-16(22)19(17(23)25-18,13-21-10-4-3-5-11-21)12-14-6-8-15(20)9-7-14/h6-9H,3-5,10-13H2,1-2H3. The Morgan fingerprint density at radius 2 is 1.56 bits per heavy atom. The highest BCUT2D eigenvalue weighted by Gasteiger charge is 2.56. The van der Waals surface area contributed by atoms with Crippen LogP contribution in [0.1, 0.15) is 38.7 Å². The van der Waals surface area contributed by atoms with E-state index in [2.05, 4.69) is 4.90 Å². The van der Waals surface area contributed by atoms with E-state index in [0.717, 1.165) is 31.5 Å². The highest BCUT2D eigenvalue weighted by molar-refractivity contribution is 6.30. The lowest BCUT2D eigenvalue weighted by atomic mass is 9.79. The summed E-state index contributed by atoms with van der Waals surface area (Å²) >= 11 is 5.95. The van der Waals surface area contributed by atoms with Crippen LogP contribution in [0.25, 0.3) is 0 Å². The minimum Gasteiger partial charge on any atom is -0.422 e. The Hall–Kier alpha value is -1.59. The van der Waals surface area contributed by atoms with Gasteiger partial charge in [0.15, 0.2) is 5.41 Å². The molecule has 2 saturated heterocycles. The zero-order valence-electron chi connectivity index (χ0n) is 14.7. The van der Waals surface area contributed by atoms with Crippen molar-refractivity contribution in [2.75, 3.05) is 19.6 Å². The number of hydrogen-bond acceptors (Lipinski definition) is 5. The van der Waals surface area contributed by atoms with Gasteiger partial charge in [-0.25, -0.2) is 0 Å². The number of cyclic esters (lactones) is 2. The lowest BCUT2D eigenvalue weighted by Crippen LogP contribution is -2.59.